The molecule has 0 saturated heterocycles. The topological polar surface area (TPSA) is 38.3 Å². The first-order valence-corrected chi connectivity index (χ1v) is 6.51. The number of hydrogen-bond acceptors (Lipinski definition) is 2. The van der Waals surface area contributed by atoms with Gasteiger partial charge in [-0.1, -0.05) is 36.1 Å². The zero-order valence-electron chi connectivity index (χ0n) is 10.8. The fourth-order valence-electron chi connectivity index (χ4n) is 1.60. The maximum atomic E-state index is 11.4. The summed E-state index contributed by atoms with van der Waals surface area (Å²) in [4.78, 5) is 16.5. The van der Waals surface area contributed by atoms with Crippen LogP contribution in [0.15, 0.2) is 42.0 Å². The van der Waals surface area contributed by atoms with E-state index < -0.39 is 0 Å². The molecule has 1 aliphatic carbocycles. The fourth-order valence-corrected chi connectivity index (χ4v) is 1.60. The van der Waals surface area contributed by atoms with Gasteiger partial charge in [0, 0.05) is 17.6 Å². The second-order valence-corrected chi connectivity index (χ2v) is 4.32. The summed E-state index contributed by atoms with van der Waals surface area (Å²) in [6.45, 7) is 0.489. The van der Waals surface area contributed by atoms with E-state index in [1.54, 1.807) is 0 Å². The van der Waals surface area contributed by atoms with Crippen LogP contribution in [0.3, 0.4) is 0 Å². The van der Waals surface area contributed by atoms with Crippen molar-refractivity contribution in [1.82, 2.24) is 5.48 Å². The van der Waals surface area contributed by atoms with E-state index in [1.807, 2.05) is 36.4 Å². The smallest absolute Gasteiger partial charge is 0.270 e. The van der Waals surface area contributed by atoms with Crippen molar-refractivity contribution >= 4 is 5.91 Å². The Morgan fingerprint density at radius 1 is 1.32 bits per heavy atom. The number of allylic oxidation sites excluding steroid dienone is 1. The van der Waals surface area contributed by atoms with E-state index in [4.69, 9.17) is 4.84 Å². The predicted molar refractivity (Wildman–Crippen MR) is 74.0 cm³/mol. The van der Waals surface area contributed by atoms with E-state index in [-0.39, 0.29) is 5.91 Å². The van der Waals surface area contributed by atoms with Crippen molar-refractivity contribution in [3.8, 4) is 11.8 Å². The zero-order valence-corrected chi connectivity index (χ0v) is 10.8. The number of benzene rings is 1. The molecule has 3 heteroatoms. The Hall–Kier alpha value is -2.05. The Morgan fingerprint density at radius 3 is 2.79 bits per heavy atom. The molecule has 0 aromatic heterocycles. The maximum Gasteiger partial charge on any atom is 0.270 e. The molecule has 0 aliphatic heterocycles. The molecule has 1 N–H and O–H groups in total. The van der Waals surface area contributed by atoms with E-state index in [1.165, 1.54) is 0 Å². The third-order valence-corrected chi connectivity index (χ3v) is 2.82. The normalized spacial score (nSPS) is 12.7. The third kappa shape index (κ3) is 4.61. The molecule has 0 spiro atoms. The molecule has 0 bridgehead atoms. The summed E-state index contributed by atoms with van der Waals surface area (Å²) in [5, 5.41) is 0. The summed E-state index contributed by atoms with van der Waals surface area (Å²) in [6, 6.07) is 9.88. The molecule has 1 amide bonds. The van der Waals surface area contributed by atoms with Crippen LogP contribution in [0.1, 0.15) is 31.2 Å². The van der Waals surface area contributed by atoms with Crippen LogP contribution in [-0.4, -0.2) is 12.5 Å². The molecule has 3 nitrogen and oxygen atoms in total. The molecular weight excluding hydrogens is 238 g/mol. The molecule has 0 atom stereocenters. The molecule has 0 heterocycles. The average molecular weight is 255 g/mol. The van der Waals surface area contributed by atoms with Gasteiger partial charge in [-0.05, 0) is 31.4 Å². The molecule has 1 aromatic rings. The second kappa shape index (κ2) is 7.40. The van der Waals surface area contributed by atoms with Crippen LogP contribution in [0, 0.1) is 11.8 Å². The first kappa shape index (κ1) is 13.4. The monoisotopic (exact) mass is 255 g/mol. The summed E-state index contributed by atoms with van der Waals surface area (Å²) in [6.07, 6.45) is 5.34. The second-order valence-electron chi connectivity index (χ2n) is 4.32. The highest BCUT2D eigenvalue weighted by molar-refractivity contribution is 5.93. The molecule has 2 rings (SSSR count). The number of hydroxylamine groups is 1. The Kier molecular flexibility index (Phi) is 5.21. The first-order chi connectivity index (χ1) is 9.36. The van der Waals surface area contributed by atoms with Gasteiger partial charge in [0.05, 0.1) is 6.61 Å². The number of carbonyl (C=O) groups excluding carboxylic acids is 1. The van der Waals surface area contributed by atoms with Crippen LogP contribution in [0.2, 0.25) is 0 Å². The largest absolute Gasteiger partial charge is 0.273 e. The van der Waals surface area contributed by atoms with Crippen molar-refractivity contribution in [2.24, 2.45) is 0 Å². The Balaban J connectivity index is 1.55. The zero-order chi connectivity index (χ0) is 13.3. The lowest BCUT2D eigenvalue weighted by Gasteiger charge is -2.13. The van der Waals surface area contributed by atoms with Crippen molar-refractivity contribution in [2.75, 3.05) is 6.61 Å². The van der Waals surface area contributed by atoms with E-state index in [2.05, 4.69) is 17.3 Å². The Labute approximate surface area is 113 Å². The number of amides is 1. The molecule has 0 radical (unpaired) electrons. The van der Waals surface area contributed by atoms with Gasteiger partial charge in [0.2, 0.25) is 0 Å². The lowest BCUT2D eigenvalue weighted by atomic mass is 9.99. The van der Waals surface area contributed by atoms with Crippen molar-refractivity contribution in [1.29, 1.82) is 0 Å². The molecule has 1 aliphatic rings. The Morgan fingerprint density at radius 2 is 2.11 bits per heavy atom. The molecule has 0 saturated carbocycles. The standard InChI is InChI=1S/C16H17NO2/c18-16(15-11-7-12-15)17-19-13-6-2-5-10-14-8-3-1-4-9-14/h1,3-4,8-9,11H,2,6-7,12-13H2,(H,17,18). The summed E-state index contributed by atoms with van der Waals surface area (Å²) >= 11 is 0. The molecule has 0 unspecified atom stereocenters. The molecule has 1 aromatic carbocycles. The van der Waals surface area contributed by atoms with Crippen LogP contribution in [-0.2, 0) is 9.63 Å². The third-order valence-electron chi connectivity index (χ3n) is 2.82. The predicted octanol–water partition coefficient (Wildman–Crippen LogP) is 2.59. The SMILES string of the molecule is O=C(NOCCCC#Cc1ccccc1)C1=CCC1. The van der Waals surface area contributed by atoms with Gasteiger partial charge in [-0.15, -0.1) is 0 Å². The summed E-state index contributed by atoms with van der Waals surface area (Å²) in [5.41, 5.74) is 4.28. The van der Waals surface area contributed by atoms with Gasteiger partial charge in [-0.3, -0.25) is 9.63 Å². The number of nitrogens with one attached hydrogen (secondary N) is 1. The van der Waals surface area contributed by atoms with Crippen molar-refractivity contribution < 1.29 is 9.63 Å². The van der Waals surface area contributed by atoms with Crippen LogP contribution >= 0.6 is 0 Å². The average Bonchev–Trinajstić information content (AvgIpc) is 2.37. The Bertz CT molecular complexity index is 509. The van der Waals surface area contributed by atoms with Gasteiger partial charge in [0.1, 0.15) is 0 Å². The van der Waals surface area contributed by atoms with Crippen molar-refractivity contribution in [3.05, 3.63) is 47.5 Å². The number of carbonyl (C=O) groups is 1. The minimum Gasteiger partial charge on any atom is -0.273 e. The number of rotatable bonds is 5. The highest BCUT2D eigenvalue weighted by atomic mass is 16.6. The summed E-state index contributed by atoms with van der Waals surface area (Å²) in [7, 11) is 0. The van der Waals surface area contributed by atoms with E-state index in [9.17, 15) is 4.79 Å². The highest BCUT2D eigenvalue weighted by Gasteiger charge is 2.13. The van der Waals surface area contributed by atoms with Crippen molar-refractivity contribution in [2.45, 2.75) is 25.7 Å². The molecular formula is C16H17NO2. The maximum absolute atomic E-state index is 11.4. The molecule has 98 valence electrons. The highest BCUT2D eigenvalue weighted by Crippen LogP contribution is 2.17. The minimum atomic E-state index is -0.110. The van der Waals surface area contributed by atoms with Gasteiger partial charge in [0.25, 0.3) is 5.91 Å². The lowest BCUT2D eigenvalue weighted by Crippen LogP contribution is -2.27. The van der Waals surface area contributed by atoms with Gasteiger partial charge in [-0.2, -0.15) is 0 Å². The van der Waals surface area contributed by atoms with Gasteiger partial charge >= 0.3 is 0 Å². The fraction of sp³-hybridized carbons (Fsp3) is 0.312. The lowest BCUT2D eigenvalue weighted by molar-refractivity contribution is -0.130. The first-order valence-electron chi connectivity index (χ1n) is 6.51. The van der Waals surface area contributed by atoms with Gasteiger partial charge in [0.15, 0.2) is 0 Å². The molecule has 0 fully saturated rings. The van der Waals surface area contributed by atoms with E-state index >= 15 is 0 Å². The summed E-state index contributed by atoms with van der Waals surface area (Å²) < 4.78 is 0. The molecule has 19 heavy (non-hydrogen) atoms. The van der Waals surface area contributed by atoms with Crippen LogP contribution < -0.4 is 5.48 Å². The number of hydrogen-bond donors (Lipinski definition) is 1. The number of unbranched alkanes of at least 4 members (excludes halogenated alkanes) is 1. The van der Waals surface area contributed by atoms with Crippen LogP contribution in [0.25, 0.3) is 0 Å². The van der Waals surface area contributed by atoms with E-state index in [0.717, 1.165) is 36.8 Å². The van der Waals surface area contributed by atoms with Crippen molar-refractivity contribution in [3.63, 3.8) is 0 Å². The van der Waals surface area contributed by atoms with Gasteiger partial charge < -0.3 is 0 Å². The minimum absolute atomic E-state index is 0.110. The summed E-state index contributed by atoms with van der Waals surface area (Å²) in [5.74, 6) is 6.05. The van der Waals surface area contributed by atoms with E-state index in [0.29, 0.717) is 6.61 Å². The quantitative estimate of drug-likeness (QED) is 0.499. The van der Waals surface area contributed by atoms with Gasteiger partial charge in [-0.25, -0.2) is 5.48 Å². The van der Waals surface area contributed by atoms with Crippen LogP contribution in [0.5, 0.6) is 0 Å². The van der Waals surface area contributed by atoms with Crippen LogP contribution in [0.4, 0.5) is 0 Å².